The van der Waals surface area contributed by atoms with Crippen LogP contribution in [-0.2, 0) is 4.79 Å². The van der Waals surface area contributed by atoms with Gasteiger partial charge in [0.2, 0.25) is 5.91 Å². The molecule has 0 heterocycles. The third-order valence-electron chi connectivity index (χ3n) is 4.66. The van der Waals surface area contributed by atoms with E-state index in [-0.39, 0.29) is 11.3 Å². The highest BCUT2D eigenvalue weighted by molar-refractivity contribution is 5.83. The summed E-state index contributed by atoms with van der Waals surface area (Å²) in [6.45, 7) is 3.42. The highest BCUT2D eigenvalue weighted by atomic mass is 16.2. The Bertz CT molecular complexity index is 424. The van der Waals surface area contributed by atoms with E-state index in [0.29, 0.717) is 12.5 Å². The molecule has 1 aromatic rings. The Morgan fingerprint density at radius 2 is 1.95 bits per heavy atom. The SMILES string of the molecule is CC(CCNC(=O)C1(CN)CCCC1)c1ccccc1. The van der Waals surface area contributed by atoms with Crippen LogP contribution in [0.2, 0.25) is 0 Å². The van der Waals surface area contributed by atoms with Crippen molar-refractivity contribution in [2.45, 2.75) is 44.9 Å². The van der Waals surface area contributed by atoms with E-state index in [9.17, 15) is 4.79 Å². The van der Waals surface area contributed by atoms with E-state index in [0.717, 1.165) is 38.6 Å². The minimum absolute atomic E-state index is 0.165. The van der Waals surface area contributed by atoms with Crippen LogP contribution in [0.4, 0.5) is 0 Å². The smallest absolute Gasteiger partial charge is 0.227 e. The number of amides is 1. The van der Waals surface area contributed by atoms with Crippen molar-refractivity contribution in [1.82, 2.24) is 5.32 Å². The molecule has 1 aliphatic carbocycles. The second kappa shape index (κ2) is 6.89. The molecule has 1 atom stereocenters. The molecule has 0 aliphatic heterocycles. The van der Waals surface area contributed by atoms with Crippen LogP contribution in [0.1, 0.15) is 50.5 Å². The molecule has 20 heavy (non-hydrogen) atoms. The van der Waals surface area contributed by atoms with E-state index in [1.165, 1.54) is 5.56 Å². The Morgan fingerprint density at radius 3 is 2.55 bits per heavy atom. The van der Waals surface area contributed by atoms with Gasteiger partial charge < -0.3 is 11.1 Å². The van der Waals surface area contributed by atoms with Gasteiger partial charge in [-0.2, -0.15) is 0 Å². The molecular weight excluding hydrogens is 248 g/mol. The Hall–Kier alpha value is -1.35. The molecule has 0 radical (unpaired) electrons. The van der Waals surface area contributed by atoms with Crippen LogP contribution in [0.15, 0.2) is 30.3 Å². The minimum atomic E-state index is -0.282. The molecule has 2 rings (SSSR count). The summed E-state index contributed by atoms with van der Waals surface area (Å²) in [5, 5.41) is 3.10. The lowest BCUT2D eigenvalue weighted by molar-refractivity contribution is -0.130. The van der Waals surface area contributed by atoms with Gasteiger partial charge in [-0.25, -0.2) is 0 Å². The second-order valence-electron chi connectivity index (χ2n) is 6.05. The fraction of sp³-hybridized carbons (Fsp3) is 0.588. The van der Waals surface area contributed by atoms with E-state index < -0.39 is 0 Å². The van der Waals surface area contributed by atoms with Crippen LogP contribution in [0.5, 0.6) is 0 Å². The monoisotopic (exact) mass is 274 g/mol. The maximum atomic E-state index is 12.3. The van der Waals surface area contributed by atoms with Crippen LogP contribution in [0, 0.1) is 5.41 Å². The second-order valence-corrected chi connectivity index (χ2v) is 6.05. The molecule has 1 aromatic carbocycles. The van der Waals surface area contributed by atoms with E-state index >= 15 is 0 Å². The standard InChI is InChI=1S/C17H26N2O/c1-14(15-7-3-2-4-8-15)9-12-19-16(20)17(13-18)10-5-6-11-17/h2-4,7-8,14H,5-6,9-13,18H2,1H3,(H,19,20). The summed E-state index contributed by atoms with van der Waals surface area (Å²) in [6, 6.07) is 10.4. The summed E-state index contributed by atoms with van der Waals surface area (Å²) < 4.78 is 0. The van der Waals surface area contributed by atoms with Gasteiger partial charge in [0.05, 0.1) is 5.41 Å². The lowest BCUT2D eigenvalue weighted by Gasteiger charge is -2.26. The molecule has 0 bridgehead atoms. The van der Waals surface area contributed by atoms with E-state index in [2.05, 4.69) is 36.5 Å². The number of nitrogens with two attached hydrogens (primary N) is 1. The van der Waals surface area contributed by atoms with Crippen LogP contribution in [0.25, 0.3) is 0 Å². The lowest BCUT2D eigenvalue weighted by Crippen LogP contribution is -2.44. The first-order chi connectivity index (χ1) is 9.68. The van der Waals surface area contributed by atoms with Crippen molar-refractivity contribution in [3.63, 3.8) is 0 Å². The predicted octanol–water partition coefficient (Wildman–Crippen LogP) is 2.82. The Labute approximate surface area is 121 Å². The number of benzene rings is 1. The molecule has 3 nitrogen and oxygen atoms in total. The lowest BCUT2D eigenvalue weighted by atomic mass is 9.85. The molecule has 1 amide bonds. The van der Waals surface area contributed by atoms with Crippen LogP contribution in [0.3, 0.4) is 0 Å². The maximum absolute atomic E-state index is 12.3. The van der Waals surface area contributed by atoms with Crippen molar-refractivity contribution in [3.05, 3.63) is 35.9 Å². The summed E-state index contributed by atoms with van der Waals surface area (Å²) in [5.74, 6) is 0.631. The number of nitrogens with one attached hydrogen (secondary N) is 1. The van der Waals surface area contributed by atoms with Gasteiger partial charge in [-0.15, -0.1) is 0 Å². The molecule has 1 fully saturated rings. The molecule has 0 aromatic heterocycles. The van der Waals surface area contributed by atoms with Gasteiger partial charge >= 0.3 is 0 Å². The van der Waals surface area contributed by atoms with Crippen molar-refractivity contribution in [2.75, 3.05) is 13.1 Å². The molecule has 110 valence electrons. The minimum Gasteiger partial charge on any atom is -0.356 e. The van der Waals surface area contributed by atoms with Crippen molar-refractivity contribution < 1.29 is 4.79 Å². The Kier molecular flexibility index (Phi) is 5.18. The van der Waals surface area contributed by atoms with Gasteiger partial charge in [0.25, 0.3) is 0 Å². The zero-order valence-corrected chi connectivity index (χ0v) is 12.4. The first kappa shape index (κ1) is 15.0. The van der Waals surface area contributed by atoms with Gasteiger partial charge in [0.1, 0.15) is 0 Å². The highest BCUT2D eigenvalue weighted by Crippen LogP contribution is 2.37. The van der Waals surface area contributed by atoms with Crippen LogP contribution < -0.4 is 11.1 Å². The van der Waals surface area contributed by atoms with Crippen molar-refractivity contribution in [1.29, 1.82) is 0 Å². The molecular formula is C17H26N2O. The van der Waals surface area contributed by atoms with Crippen molar-refractivity contribution in [2.24, 2.45) is 11.1 Å². The molecule has 1 aliphatic rings. The largest absolute Gasteiger partial charge is 0.356 e. The molecule has 3 heteroatoms. The zero-order valence-electron chi connectivity index (χ0n) is 12.4. The number of hydrogen-bond donors (Lipinski definition) is 2. The first-order valence-corrected chi connectivity index (χ1v) is 7.71. The average Bonchev–Trinajstić information content (AvgIpc) is 2.98. The molecule has 0 saturated heterocycles. The normalized spacial score (nSPS) is 18.7. The molecule has 1 unspecified atom stereocenters. The molecule has 0 spiro atoms. The fourth-order valence-electron chi connectivity index (χ4n) is 3.11. The zero-order chi connectivity index (χ0) is 14.4. The van der Waals surface area contributed by atoms with Crippen molar-refractivity contribution >= 4 is 5.91 Å². The summed E-state index contributed by atoms with van der Waals surface area (Å²) >= 11 is 0. The third-order valence-corrected chi connectivity index (χ3v) is 4.66. The van der Waals surface area contributed by atoms with Gasteiger partial charge in [0, 0.05) is 13.1 Å². The van der Waals surface area contributed by atoms with E-state index in [1.807, 2.05) is 6.07 Å². The summed E-state index contributed by atoms with van der Waals surface area (Å²) in [7, 11) is 0. The summed E-state index contributed by atoms with van der Waals surface area (Å²) in [4.78, 5) is 12.3. The maximum Gasteiger partial charge on any atom is 0.227 e. The first-order valence-electron chi connectivity index (χ1n) is 7.71. The van der Waals surface area contributed by atoms with Gasteiger partial charge in [0.15, 0.2) is 0 Å². The van der Waals surface area contributed by atoms with Gasteiger partial charge in [-0.1, -0.05) is 50.1 Å². The number of hydrogen-bond acceptors (Lipinski definition) is 2. The topological polar surface area (TPSA) is 55.1 Å². The molecule has 1 saturated carbocycles. The number of carbonyl (C=O) groups is 1. The number of rotatable bonds is 6. The van der Waals surface area contributed by atoms with E-state index in [4.69, 9.17) is 5.73 Å². The predicted molar refractivity (Wildman–Crippen MR) is 82.4 cm³/mol. The molecule has 3 N–H and O–H groups in total. The summed E-state index contributed by atoms with van der Waals surface area (Å²) in [6.07, 6.45) is 5.12. The van der Waals surface area contributed by atoms with Gasteiger partial charge in [-0.05, 0) is 30.7 Å². The van der Waals surface area contributed by atoms with Crippen molar-refractivity contribution in [3.8, 4) is 0 Å². The number of carbonyl (C=O) groups excluding carboxylic acids is 1. The average molecular weight is 274 g/mol. The van der Waals surface area contributed by atoms with Crippen LogP contribution in [-0.4, -0.2) is 19.0 Å². The third kappa shape index (κ3) is 3.40. The fourth-order valence-corrected chi connectivity index (χ4v) is 3.11. The van der Waals surface area contributed by atoms with Crippen LogP contribution >= 0.6 is 0 Å². The highest BCUT2D eigenvalue weighted by Gasteiger charge is 2.39. The van der Waals surface area contributed by atoms with Gasteiger partial charge in [-0.3, -0.25) is 4.79 Å². The quantitative estimate of drug-likeness (QED) is 0.838. The summed E-state index contributed by atoms with van der Waals surface area (Å²) in [5.41, 5.74) is 6.88. The Balaban J connectivity index is 1.79. The Morgan fingerprint density at radius 1 is 1.30 bits per heavy atom. The van der Waals surface area contributed by atoms with E-state index in [1.54, 1.807) is 0 Å².